The Morgan fingerprint density at radius 3 is 2.63 bits per heavy atom. The Morgan fingerprint density at radius 1 is 1.15 bits per heavy atom. The van der Waals surface area contributed by atoms with Gasteiger partial charge in [0.05, 0.1) is 18.1 Å². The summed E-state index contributed by atoms with van der Waals surface area (Å²) in [6.45, 7) is 4.84. The first-order chi connectivity index (χ1) is 13.0. The summed E-state index contributed by atoms with van der Waals surface area (Å²) in [6.07, 6.45) is 4.94. The number of aromatic nitrogens is 4. The molecule has 8 nitrogen and oxygen atoms in total. The smallest absolute Gasteiger partial charge is 0.276 e. The van der Waals surface area contributed by atoms with Gasteiger partial charge in [0.2, 0.25) is 0 Å². The third-order valence-corrected chi connectivity index (χ3v) is 3.94. The minimum Gasteiger partial charge on any atom is -0.471 e. The van der Waals surface area contributed by atoms with Crippen LogP contribution in [0.2, 0.25) is 0 Å². The van der Waals surface area contributed by atoms with Crippen LogP contribution in [-0.2, 0) is 18.2 Å². The number of methoxy groups -OCH3 is 1. The third kappa shape index (κ3) is 4.95. The molecule has 0 atom stereocenters. The van der Waals surface area contributed by atoms with Gasteiger partial charge in [-0.05, 0) is 29.7 Å². The van der Waals surface area contributed by atoms with Gasteiger partial charge in [0, 0.05) is 13.3 Å². The van der Waals surface area contributed by atoms with Gasteiger partial charge in [0.15, 0.2) is 12.4 Å². The lowest BCUT2D eigenvalue weighted by molar-refractivity contribution is 0.102. The number of carbonyl (C=O) groups is 1. The van der Waals surface area contributed by atoms with Crippen LogP contribution in [0, 0.1) is 0 Å². The predicted molar refractivity (Wildman–Crippen MR) is 101 cm³/mol. The molecule has 0 aliphatic carbocycles. The van der Waals surface area contributed by atoms with Crippen LogP contribution in [0.4, 0.5) is 5.69 Å². The van der Waals surface area contributed by atoms with Crippen molar-refractivity contribution < 1.29 is 14.3 Å². The van der Waals surface area contributed by atoms with E-state index < -0.39 is 0 Å². The average Bonchev–Trinajstić information content (AvgIpc) is 3.30. The Kier molecular flexibility index (Phi) is 5.87. The van der Waals surface area contributed by atoms with E-state index in [9.17, 15) is 4.79 Å². The Labute approximate surface area is 157 Å². The van der Waals surface area contributed by atoms with Crippen LogP contribution in [0.1, 0.15) is 35.8 Å². The monoisotopic (exact) mass is 369 g/mol. The van der Waals surface area contributed by atoms with Gasteiger partial charge < -0.3 is 14.8 Å². The summed E-state index contributed by atoms with van der Waals surface area (Å²) < 4.78 is 13.8. The molecule has 0 fully saturated rings. The standard InChI is InChI=1S/C19H23N5O3/c1-14(2)15-4-6-17(7-5-15)27-13-23-9-8-18(22-23)19(25)21-16-10-20-24(11-16)12-26-3/h4-11,14H,12-13H2,1-3H3,(H,21,25). The highest BCUT2D eigenvalue weighted by molar-refractivity contribution is 6.02. The van der Waals surface area contributed by atoms with Crippen LogP contribution in [0.5, 0.6) is 5.75 Å². The molecule has 1 aromatic carbocycles. The summed E-state index contributed by atoms with van der Waals surface area (Å²) in [7, 11) is 1.58. The molecule has 0 saturated heterocycles. The van der Waals surface area contributed by atoms with Gasteiger partial charge in [-0.2, -0.15) is 10.2 Å². The van der Waals surface area contributed by atoms with Crippen molar-refractivity contribution in [2.24, 2.45) is 0 Å². The summed E-state index contributed by atoms with van der Waals surface area (Å²) in [4.78, 5) is 12.3. The van der Waals surface area contributed by atoms with E-state index in [4.69, 9.17) is 9.47 Å². The van der Waals surface area contributed by atoms with Crippen molar-refractivity contribution in [3.05, 3.63) is 60.2 Å². The molecule has 1 N–H and O–H groups in total. The Hall–Kier alpha value is -3.13. The van der Waals surface area contributed by atoms with Crippen molar-refractivity contribution in [3.8, 4) is 5.75 Å². The normalized spacial score (nSPS) is 11.0. The second kappa shape index (κ2) is 8.50. The first kappa shape index (κ1) is 18.7. The molecule has 3 aromatic rings. The second-order valence-corrected chi connectivity index (χ2v) is 6.38. The van der Waals surface area contributed by atoms with E-state index in [0.717, 1.165) is 5.75 Å². The summed E-state index contributed by atoms with van der Waals surface area (Å²) in [5, 5.41) is 11.1. The van der Waals surface area contributed by atoms with E-state index in [1.165, 1.54) is 5.56 Å². The number of hydrogen-bond acceptors (Lipinski definition) is 5. The third-order valence-electron chi connectivity index (χ3n) is 3.94. The van der Waals surface area contributed by atoms with E-state index in [1.807, 2.05) is 24.3 Å². The number of amides is 1. The Morgan fingerprint density at radius 2 is 1.93 bits per heavy atom. The molecule has 2 aromatic heterocycles. The molecule has 0 unspecified atom stereocenters. The predicted octanol–water partition coefficient (Wildman–Crippen LogP) is 3.10. The molecule has 0 aliphatic heterocycles. The molecule has 142 valence electrons. The van der Waals surface area contributed by atoms with Gasteiger partial charge in [-0.1, -0.05) is 26.0 Å². The van der Waals surface area contributed by atoms with E-state index in [2.05, 4.69) is 29.4 Å². The molecule has 0 aliphatic rings. The molecule has 0 bridgehead atoms. The summed E-state index contributed by atoms with van der Waals surface area (Å²) >= 11 is 0. The molecule has 0 radical (unpaired) electrons. The average molecular weight is 369 g/mol. The van der Waals surface area contributed by atoms with Crippen LogP contribution in [0.3, 0.4) is 0 Å². The maximum Gasteiger partial charge on any atom is 0.276 e. The fourth-order valence-corrected chi connectivity index (χ4v) is 2.47. The highest BCUT2D eigenvalue weighted by Gasteiger charge is 2.11. The molecule has 27 heavy (non-hydrogen) atoms. The lowest BCUT2D eigenvalue weighted by Gasteiger charge is -2.09. The van der Waals surface area contributed by atoms with E-state index >= 15 is 0 Å². The zero-order chi connectivity index (χ0) is 19.2. The van der Waals surface area contributed by atoms with Crippen molar-refractivity contribution >= 4 is 11.6 Å². The summed E-state index contributed by atoms with van der Waals surface area (Å²) in [5.41, 5.74) is 2.13. The maximum absolute atomic E-state index is 12.3. The molecule has 1 amide bonds. The van der Waals surface area contributed by atoms with E-state index in [0.29, 0.717) is 24.0 Å². The topological polar surface area (TPSA) is 83.2 Å². The van der Waals surface area contributed by atoms with Crippen LogP contribution in [0.15, 0.2) is 48.9 Å². The lowest BCUT2D eigenvalue weighted by atomic mass is 10.0. The highest BCUT2D eigenvalue weighted by Crippen LogP contribution is 2.18. The van der Waals surface area contributed by atoms with E-state index in [1.54, 1.807) is 41.1 Å². The molecule has 0 saturated carbocycles. The van der Waals surface area contributed by atoms with Gasteiger partial charge in [0.25, 0.3) is 5.91 Å². The van der Waals surface area contributed by atoms with Crippen LogP contribution >= 0.6 is 0 Å². The number of nitrogens with zero attached hydrogens (tertiary/aromatic N) is 4. The van der Waals surface area contributed by atoms with Crippen molar-refractivity contribution in [1.82, 2.24) is 19.6 Å². The fraction of sp³-hybridized carbons (Fsp3) is 0.316. The van der Waals surface area contributed by atoms with Crippen molar-refractivity contribution in [1.29, 1.82) is 0 Å². The minimum absolute atomic E-state index is 0.222. The molecule has 2 heterocycles. The van der Waals surface area contributed by atoms with Gasteiger partial charge in [0.1, 0.15) is 12.5 Å². The van der Waals surface area contributed by atoms with Gasteiger partial charge in [-0.3, -0.25) is 4.79 Å². The van der Waals surface area contributed by atoms with E-state index in [-0.39, 0.29) is 12.6 Å². The second-order valence-electron chi connectivity index (χ2n) is 6.38. The lowest BCUT2D eigenvalue weighted by Crippen LogP contribution is -2.14. The first-order valence-corrected chi connectivity index (χ1v) is 8.64. The molecule has 8 heteroatoms. The number of carbonyl (C=O) groups excluding carboxylic acids is 1. The number of hydrogen-bond donors (Lipinski definition) is 1. The number of ether oxygens (including phenoxy) is 2. The van der Waals surface area contributed by atoms with Crippen molar-refractivity contribution in [2.45, 2.75) is 33.2 Å². The van der Waals surface area contributed by atoms with Gasteiger partial charge in [-0.25, -0.2) is 9.36 Å². The molecule has 3 rings (SSSR count). The number of anilines is 1. The largest absolute Gasteiger partial charge is 0.471 e. The van der Waals surface area contributed by atoms with Crippen LogP contribution in [-0.4, -0.2) is 32.6 Å². The highest BCUT2D eigenvalue weighted by atomic mass is 16.5. The summed E-state index contributed by atoms with van der Waals surface area (Å²) in [6, 6.07) is 9.60. The minimum atomic E-state index is -0.313. The van der Waals surface area contributed by atoms with Crippen molar-refractivity contribution in [2.75, 3.05) is 12.4 Å². The fourth-order valence-electron chi connectivity index (χ4n) is 2.47. The maximum atomic E-state index is 12.3. The van der Waals surface area contributed by atoms with Crippen LogP contribution < -0.4 is 10.1 Å². The van der Waals surface area contributed by atoms with Gasteiger partial charge in [-0.15, -0.1) is 0 Å². The number of nitrogens with one attached hydrogen (secondary N) is 1. The van der Waals surface area contributed by atoms with Crippen LogP contribution in [0.25, 0.3) is 0 Å². The SMILES string of the molecule is COCn1cc(NC(=O)c2ccn(COc3ccc(C(C)C)cc3)n2)cn1. The summed E-state index contributed by atoms with van der Waals surface area (Å²) in [5.74, 6) is 0.923. The quantitative estimate of drug-likeness (QED) is 0.660. The molecular formula is C19H23N5O3. The zero-order valence-corrected chi connectivity index (χ0v) is 15.6. The van der Waals surface area contributed by atoms with Gasteiger partial charge >= 0.3 is 0 Å². The van der Waals surface area contributed by atoms with Crippen molar-refractivity contribution in [3.63, 3.8) is 0 Å². The Bertz CT molecular complexity index is 883. The first-order valence-electron chi connectivity index (χ1n) is 8.64. The Balaban J connectivity index is 1.54. The zero-order valence-electron chi connectivity index (χ0n) is 15.6. The molecule has 0 spiro atoms. The molecular weight excluding hydrogens is 346 g/mol. The number of rotatable bonds is 8. The number of benzene rings is 1.